The fourth-order valence-corrected chi connectivity index (χ4v) is 2.57. The van der Waals surface area contributed by atoms with Crippen molar-refractivity contribution >= 4 is 5.91 Å². The number of carbonyl (C=O) groups excluding carboxylic acids is 1. The number of hydrogen-bond donors (Lipinski definition) is 1. The number of rotatable bonds is 4. The highest BCUT2D eigenvalue weighted by Gasteiger charge is 2.44. The largest absolute Gasteiger partial charge is 0.351 e. The van der Waals surface area contributed by atoms with Gasteiger partial charge in [0.25, 0.3) is 5.91 Å². The van der Waals surface area contributed by atoms with Gasteiger partial charge in [-0.25, -0.2) is 0 Å². The van der Waals surface area contributed by atoms with E-state index in [0.29, 0.717) is 6.54 Å². The van der Waals surface area contributed by atoms with Gasteiger partial charge in [0.2, 0.25) is 0 Å². The van der Waals surface area contributed by atoms with Crippen molar-refractivity contribution < 1.29 is 4.79 Å². The van der Waals surface area contributed by atoms with Gasteiger partial charge in [0, 0.05) is 29.9 Å². The molecule has 1 saturated carbocycles. The van der Waals surface area contributed by atoms with Crippen LogP contribution in [0.15, 0.2) is 48.8 Å². The van der Waals surface area contributed by atoms with Crippen molar-refractivity contribution in [3.05, 3.63) is 65.5 Å². The Labute approximate surface area is 119 Å². The van der Waals surface area contributed by atoms with Gasteiger partial charge in [0.1, 0.15) is 0 Å². The number of pyridine rings is 1. The molecular weight excluding hydrogens is 248 g/mol. The summed E-state index contributed by atoms with van der Waals surface area (Å²) in [6.07, 6.45) is 5.93. The predicted molar refractivity (Wildman–Crippen MR) is 78.7 cm³/mol. The number of benzene rings is 1. The summed E-state index contributed by atoms with van der Waals surface area (Å²) in [7, 11) is 0. The van der Waals surface area contributed by atoms with E-state index < -0.39 is 0 Å². The van der Waals surface area contributed by atoms with Crippen LogP contribution in [0.5, 0.6) is 0 Å². The van der Waals surface area contributed by atoms with E-state index in [0.717, 1.165) is 24.0 Å². The van der Waals surface area contributed by atoms with E-state index in [1.165, 1.54) is 5.56 Å². The van der Waals surface area contributed by atoms with Crippen LogP contribution in [-0.2, 0) is 5.41 Å². The molecule has 0 aliphatic heterocycles. The topological polar surface area (TPSA) is 42.0 Å². The zero-order valence-corrected chi connectivity index (χ0v) is 11.6. The predicted octanol–water partition coefficient (Wildman–Crippen LogP) is 2.85. The van der Waals surface area contributed by atoms with Crippen LogP contribution in [0.3, 0.4) is 0 Å². The van der Waals surface area contributed by atoms with E-state index in [2.05, 4.69) is 16.4 Å². The molecule has 0 saturated heterocycles. The molecule has 1 aromatic carbocycles. The molecule has 20 heavy (non-hydrogen) atoms. The Bertz CT molecular complexity index is 618. The van der Waals surface area contributed by atoms with E-state index in [9.17, 15) is 4.79 Å². The standard InChI is InChI=1S/C17H18N2O/c1-13-5-2-3-7-15(13)16(20)19-12-17(8-9-17)14-6-4-10-18-11-14/h2-7,10-11H,8-9,12H2,1H3,(H,19,20). The molecule has 3 nitrogen and oxygen atoms in total. The third-order valence-electron chi connectivity index (χ3n) is 4.10. The summed E-state index contributed by atoms with van der Waals surface area (Å²) in [5.74, 6) is 0.0123. The Kier molecular flexibility index (Phi) is 3.26. The van der Waals surface area contributed by atoms with Crippen molar-refractivity contribution in [1.29, 1.82) is 0 Å². The molecule has 3 heteroatoms. The number of amides is 1. The fraction of sp³-hybridized carbons (Fsp3) is 0.294. The summed E-state index contributed by atoms with van der Waals surface area (Å²) in [5.41, 5.74) is 3.10. The monoisotopic (exact) mass is 266 g/mol. The van der Waals surface area contributed by atoms with E-state index in [-0.39, 0.29) is 11.3 Å². The van der Waals surface area contributed by atoms with Gasteiger partial charge < -0.3 is 5.32 Å². The maximum Gasteiger partial charge on any atom is 0.251 e. The summed E-state index contributed by atoms with van der Waals surface area (Å²) >= 11 is 0. The molecule has 1 fully saturated rings. The molecule has 1 amide bonds. The SMILES string of the molecule is Cc1ccccc1C(=O)NCC1(c2cccnc2)CC1. The lowest BCUT2D eigenvalue weighted by atomic mass is 9.97. The van der Waals surface area contributed by atoms with Crippen molar-refractivity contribution in [2.24, 2.45) is 0 Å². The summed E-state index contributed by atoms with van der Waals surface area (Å²) in [4.78, 5) is 16.4. The summed E-state index contributed by atoms with van der Waals surface area (Å²) < 4.78 is 0. The lowest BCUT2D eigenvalue weighted by Gasteiger charge is -2.16. The maximum absolute atomic E-state index is 12.2. The Morgan fingerprint density at radius 2 is 2.05 bits per heavy atom. The lowest BCUT2D eigenvalue weighted by Crippen LogP contribution is -2.32. The van der Waals surface area contributed by atoms with Gasteiger partial charge in [-0.05, 0) is 43.0 Å². The Morgan fingerprint density at radius 1 is 1.25 bits per heavy atom. The molecule has 1 N–H and O–H groups in total. The molecule has 2 aromatic rings. The van der Waals surface area contributed by atoms with Crippen molar-refractivity contribution in [3.63, 3.8) is 0 Å². The lowest BCUT2D eigenvalue weighted by molar-refractivity contribution is 0.0949. The molecule has 1 aromatic heterocycles. The highest BCUT2D eigenvalue weighted by molar-refractivity contribution is 5.95. The summed E-state index contributed by atoms with van der Waals surface area (Å²) in [5, 5.41) is 3.07. The van der Waals surface area contributed by atoms with Crippen molar-refractivity contribution in [2.45, 2.75) is 25.2 Å². The third kappa shape index (κ3) is 2.44. The van der Waals surface area contributed by atoms with Gasteiger partial charge in [-0.1, -0.05) is 24.3 Å². The van der Waals surface area contributed by atoms with Gasteiger partial charge in [-0.2, -0.15) is 0 Å². The first-order valence-electron chi connectivity index (χ1n) is 6.96. The molecule has 0 bridgehead atoms. The molecule has 102 valence electrons. The molecule has 3 rings (SSSR count). The van der Waals surface area contributed by atoms with Gasteiger partial charge in [0.15, 0.2) is 0 Å². The minimum absolute atomic E-state index is 0.0123. The second kappa shape index (κ2) is 5.08. The normalized spacial score (nSPS) is 15.7. The van der Waals surface area contributed by atoms with Gasteiger partial charge >= 0.3 is 0 Å². The first-order valence-corrected chi connectivity index (χ1v) is 6.96. The van der Waals surface area contributed by atoms with E-state index in [1.807, 2.05) is 43.5 Å². The van der Waals surface area contributed by atoms with Gasteiger partial charge in [-0.3, -0.25) is 9.78 Å². The average Bonchev–Trinajstić information content (AvgIpc) is 3.27. The first kappa shape index (κ1) is 12.9. The van der Waals surface area contributed by atoms with Crippen molar-refractivity contribution in [1.82, 2.24) is 10.3 Å². The van der Waals surface area contributed by atoms with Crippen LogP contribution in [0, 0.1) is 6.92 Å². The highest BCUT2D eigenvalue weighted by atomic mass is 16.1. The number of nitrogens with zero attached hydrogens (tertiary/aromatic N) is 1. The van der Waals surface area contributed by atoms with E-state index in [4.69, 9.17) is 0 Å². The number of carbonyl (C=O) groups is 1. The molecule has 0 atom stereocenters. The molecule has 0 unspecified atom stereocenters. The van der Waals surface area contributed by atoms with Gasteiger partial charge in [-0.15, -0.1) is 0 Å². The molecule has 0 spiro atoms. The van der Waals surface area contributed by atoms with Crippen molar-refractivity contribution in [3.8, 4) is 0 Å². The number of hydrogen-bond acceptors (Lipinski definition) is 2. The first-order chi connectivity index (χ1) is 9.71. The van der Waals surface area contributed by atoms with Crippen LogP contribution < -0.4 is 5.32 Å². The summed E-state index contributed by atoms with van der Waals surface area (Å²) in [6.45, 7) is 2.65. The molecule has 1 aliphatic rings. The zero-order valence-electron chi connectivity index (χ0n) is 11.6. The third-order valence-corrected chi connectivity index (χ3v) is 4.10. The van der Waals surface area contributed by atoms with Crippen molar-refractivity contribution in [2.75, 3.05) is 6.54 Å². The number of aromatic nitrogens is 1. The van der Waals surface area contributed by atoms with E-state index in [1.54, 1.807) is 6.20 Å². The highest BCUT2D eigenvalue weighted by Crippen LogP contribution is 2.47. The van der Waals surface area contributed by atoms with Crippen LogP contribution >= 0.6 is 0 Å². The Morgan fingerprint density at radius 3 is 2.70 bits per heavy atom. The van der Waals surface area contributed by atoms with E-state index >= 15 is 0 Å². The molecule has 1 heterocycles. The second-order valence-electron chi connectivity index (χ2n) is 5.52. The maximum atomic E-state index is 12.2. The summed E-state index contributed by atoms with van der Waals surface area (Å²) in [6, 6.07) is 11.7. The number of nitrogens with one attached hydrogen (secondary N) is 1. The molecular formula is C17H18N2O. The second-order valence-corrected chi connectivity index (χ2v) is 5.52. The zero-order chi connectivity index (χ0) is 14.0. The minimum atomic E-state index is 0.0123. The Balaban J connectivity index is 1.69. The van der Waals surface area contributed by atoms with Crippen LogP contribution in [0.1, 0.15) is 34.3 Å². The smallest absolute Gasteiger partial charge is 0.251 e. The quantitative estimate of drug-likeness (QED) is 0.924. The molecule has 1 aliphatic carbocycles. The Hall–Kier alpha value is -2.16. The fourth-order valence-electron chi connectivity index (χ4n) is 2.57. The minimum Gasteiger partial charge on any atom is -0.351 e. The average molecular weight is 266 g/mol. The van der Waals surface area contributed by atoms with Crippen LogP contribution in [0.2, 0.25) is 0 Å². The number of aryl methyl sites for hydroxylation is 1. The van der Waals surface area contributed by atoms with Crippen LogP contribution in [0.4, 0.5) is 0 Å². The van der Waals surface area contributed by atoms with Crippen LogP contribution in [0.25, 0.3) is 0 Å². The molecule has 0 radical (unpaired) electrons. The van der Waals surface area contributed by atoms with Gasteiger partial charge in [0.05, 0.1) is 0 Å². The van der Waals surface area contributed by atoms with Crippen LogP contribution in [-0.4, -0.2) is 17.4 Å².